The van der Waals surface area contributed by atoms with Crippen LogP contribution in [0.3, 0.4) is 0 Å². The first-order chi connectivity index (χ1) is 5.25. The Morgan fingerprint density at radius 1 is 1.67 bits per heavy atom. The number of hydrogen-bond acceptors (Lipinski definition) is 2. The summed E-state index contributed by atoms with van der Waals surface area (Å²) in [7, 11) is 0. The summed E-state index contributed by atoms with van der Waals surface area (Å²) >= 11 is 0. The van der Waals surface area contributed by atoms with Gasteiger partial charge in [-0.2, -0.15) is 0 Å². The molecule has 0 aromatic heterocycles. The van der Waals surface area contributed by atoms with Gasteiger partial charge in [-0.15, -0.1) is 12.4 Å². The lowest BCUT2D eigenvalue weighted by Crippen LogP contribution is -2.32. The molecule has 1 fully saturated rings. The molecular weight excluding hydrogens is 178 g/mol. The first-order valence-corrected chi connectivity index (χ1v) is 3.67. The van der Waals surface area contributed by atoms with E-state index in [9.17, 15) is 4.79 Å². The molecule has 68 valence electrons. The van der Waals surface area contributed by atoms with Crippen LogP contribution in [0.5, 0.6) is 0 Å². The zero-order valence-electron chi connectivity index (χ0n) is 6.91. The van der Waals surface area contributed by atoms with Crippen molar-refractivity contribution in [2.75, 3.05) is 6.54 Å². The molecule has 1 rings (SSSR count). The molecule has 1 atom stereocenters. The Balaban J connectivity index is 0.00000121. The largest absolute Gasteiger partial charge is 0.480 e. The molecule has 1 heterocycles. The Hall–Kier alpha value is -0.880. The molecule has 1 saturated heterocycles. The van der Waals surface area contributed by atoms with Crippen molar-refractivity contribution in [1.82, 2.24) is 4.90 Å². The SMILES string of the molecule is CC#CN1CCC[C@@H]1C(=O)O.Cl. The quantitative estimate of drug-likeness (QED) is 0.625. The zero-order chi connectivity index (χ0) is 8.27. The molecule has 0 amide bonds. The third-order valence-corrected chi connectivity index (χ3v) is 1.79. The summed E-state index contributed by atoms with van der Waals surface area (Å²) in [6.07, 6.45) is 1.66. The number of halogens is 1. The number of nitrogens with zero attached hydrogens (tertiary/aromatic N) is 1. The number of carbonyl (C=O) groups is 1. The summed E-state index contributed by atoms with van der Waals surface area (Å²) in [5.74, 6) is 1.95. The number of aliphatic carboxylic acids is 1. The molecule has 0 aromatic rings. The fourth-order valence-corrected chi connectivity index (χ4v) is 1.30. The van der Waals surface area contributed by atoms with Crippen LogP contribution in [0.25, 0.3) is 0 Å². The van der Waals surface area contributed by atoms with Gasteiger partial charge in [0.05, 0.1) is 0 Å². The van der Waals surface area contributed by atoms with Crippen molar-refractivity contribution in [3.63, 3.8) is 0 Å². The van der Waals surface area contributed by atoms with Crippen molar-refractivity contribution in [2.24, 2.45) is 0 Å². The smallest absolute Gasteiger partial charge is 0.327 e. The molecular formula is C8H12ClNO2. The molecule has 1 N–H and O–H groups in total. The number of likely N-dealkylation sites (tertiary alicyclic amines) is 1. The standard InChI is InChI=1S/C8H11NO2.ClH/c1-2-5-9-6-3-4-7(9)8(10)11;/h7H,3-4,6H2,1H3,(H,10,11);1H/t7-;/m1./s1. The molecule has 0 aliphatic carbocycles. The zero-order valence-corrected chi connectivity index (χ0v) is 7.73. The first-order valence-electron chi connectivity index (χ1n) is 3.67. The second kappa shape index (κ2) is 4.89. The van der Waals surface area contributed by atoms with E-state index in [1.54, 1.807) is 11.8 Å². The summed E-state index contributed by atoms with van der Waals surface area (Å²) < 4.78 is 0. The molecule has 12 heavy (non-hydrogen) atoms. The maximum Gasteiger partial charge on any atom is 0.327 e. The van der Waals surface area contributed by atoms with Gasteiger partial charge >= 0.3 is 5.97 Å². The minimum atomic E-state index is -0.759. The number of carboxylic acids is 1. The highest BCUT2D eigenvalue weighted by Gasteiger charge is 2.28. The van der Waals surface area contributed by atoms with E-state index in [0.29, 0.717) is 0 Å². The first kappa shape index (κ1) is 11.1. The van der Waals surface area contributed by atoms with Crippen molar-refractivity contribution in [1.29, 1.82) is 0 Å². The monoisotopic (exact) mass is 189 g/mol. The van der Waals surface area contributed by atoms with Gasteiger partial charge in [0.1, 0.15) is 6.04 Å². The van der Waals surface area contributed by atoms with Crippen LogP contribution in [0, 0.1) is 12.0 Å². The fraction of sp³-hybridized carbons (Fsp3) is 0.625. The highest BCUT2D eigenvalue weighted by atomic mass is 35.5. The van der Waals surface area contributed by atoms with Gasteiger partial charge in [-0.1, -0.05) is 5.92 Å². The second-order valence-electron chi connectivity index (χ2n) is 2.55. The number of rotatable bonds is 1. The van der Waals surface area contributed by atoms with E-state index < -0.39 is 5.97 Å². The molecule has 0 aromatic carbocycles. The average Bonchev–Trinajstić information content (AvgIpc) is 2.36. The van der Waals surface area contributed by atoms with E-state index in [4.69, 9.17) is 5.11 Å². The summed E-state index contributed by atoms with van der Waals surface area (Å²) in [6.45, 7) is 2.51. The van der Waals surface area contributed by atoms with E-state index in [-0.39, 0.29) is 18.4 Å². The van der Waals surface area contributed by atoms with Gasteiger partial charge < -0.3 is 10.0 Å². The Bertz CT molecular complexity index is 219. The van der Waals surface area contributed by atoms with Gasteiger partial charge in [-0.3, -0.25) is 0 Å². The van der Waals surface area contributed by atoms with Gasteiger partial charge in [0.25, 0.3) is 0 Å². The number of carboxylic acid groups (broad SMARTS) is 1. The minimum Gasteiger partial charge on any atom is -0.480 e. The lowest BCUT2D eigenvalue weighted by Gasteiger charge is -2.14. The topological polar surface area (TPSA) is 40.5 Å². The normalized spacial score (nSPS) is 20.8. The van der Waals surface area contributed by atoms with Crippen molar-refractivity contribution in [2.45, 2.75) is 25.8 Å². The molecule has 1 aliphatic heterocycles. The van der Waals surface area contributed by atoms with E-state index in [0.717, 1.165) is 19.4 Å². The summed E-state index contributed by atoms with van der Waals surface area (Å²) in [6, 6.07) is 2.41. The molecule has 0 bridgehead atoms. The molecule has 4 heteroatoms. The molecule has 3 nitrogen and oxygen atoms in total. The predicted octanol–water partition coefficient (Wildman–Crippen LogP) is 0.938. The summed E-state index contributed by atoms with van der Waals surface area (Å²) in [4.78, 5) is 12.3. The maximum atomic E-state index is 10.6. The van der Waals surface area contributed by atoms with Crippen molar-refractivity contribution in [3.05, 3.63) is 0 Å². The maximum absolute atomic E-state index is 10.6. The third-order valence-electron chi connectivity index (χ3n) is 1.79. The van der Waals surface area contributed by atoms with Crippen LogP contribution < -0.4 is 0 Å². The van der Waals surface area contributed by atoms with Crippen LogP contribution in [-0.2, 0) is 4.79 Å². The van der Waals surface area contributed by atoms with Gasteiger partial charge in [-0.05, 0) is 19.8 Å². The fourth-order valence-electron chi connectivity index (χ4n) is 1.30. The minimum absolute atomic E-state index is 0. The molecule has 0 radical (unpaired) electrons. The van der Waals surface area contributed by atoms with E-state index in [2.05, 4.69) is 12.0 Å². The van der Waals surface area contributed by atoms with Gasteiger partial charge in [0, 0.05) is 12.6 Å². The Kier molecular flexibility index (Phi) is 4.53. The average molecular weight is 190 g/mol. The molecule has 0 spiro atoms. The van der Waals surface area contributed by atoms with E-state index in [1.165, 1.54) is 0 Å². The van der Waals surface area contributed by atoms with Crippen molar-refractivity contribution < 1.29 is 9.90 Å². The highest BCUT2D eigenvalue weighted by molar-refractivity contribution is 5.85. The van der Waals surface area contributed by atoms with Crippen molar-refractivity contribution in [3.8, 4) is 12.0 Å². The van der Waals surface area contributed by atoms with Gasteiger partial charge in [0.2, 0.25) is 0 Å². The Labute approximate surface area is 78.2 Å². The Morgan fingerprint density at radius 2 is 2.33 bits per heavy atom. The van der Waals surface area contributed by atoms with E-state index in [1.807, 2.05) is 0 Å². The summed E-state index contributed by atoms with van der Waals surface area (Å²) in [5.41, 5.74) is 0. The van der Waals surface area contributed by atoms with Crippen molar-refractivity contribution >= 4 is 18.4 Å². The number of hydrogen-bond donors (Lipinski definition) is 1. The molecule has 0 unspecified atom stereocenters. The van der Waals surface area contributed by atoms with Crippen LogP contribution in [0.15, 0.2) is 0 Å². The van der Waals surface area contributed by atoms with Crippen LogP contribution in [0.1, 0.15) is 19.8 Å². The molecule has 1 aliphatic rings. The van der Waals surface area contributed by atoms with E-state index >= 15 is 0 Å². The van der Waals surface area contributed by atoms with Gasteiger partial charge in [0.15, 0.2) is 0 Å². The lowest BCUT2D eigenvalue weighted by molar-refractivity contribution is -0.141. The van der Waals surface area contributed by atoms with Crippen LogP contribution in [-0.4, -0.2) is 28.6 Å². The molecule has 0 saturated carbocycles. The summed E-state index contributed by atoms with van der Waals surface area (Å²) in [5, 5.41) is 8.70. The third kappa shape index (κ3) is 2.31. The second-order valence-corrected chi connectivity index (χ2v) is 2.55. The van der Waals surface area contributed by atoms with Crippen LogP contribution in [0.2, 0.25) is 0 Å². The Morgan fingerprint density at radius 3 is 2.83 bits per heavy atom. The predicted molar refractivity (Wildman–Crippen MR) is 48.1 cm³/mol. The highest BCUT2D eigenvalue weighted by Crippen LogP contribution is 2.15. The van der Waals surface area contributed by atoms with Crippen LogP contribution in [0.4, 0.5) is 0 Å². The lowest BCUT2D eigenvalue weighted by atomic mass is 10.2. The van der Waals surface area contributed by atoms with Crippen LogP contribution >= 0.6 is 12.4 Å². The van der Waals surface area contributed by atoms with Gasteiger partial charge in [-0.25, -0.2) is 4.79 Å².